The molecule has 17 heavy (non-hydrogen) atoms. The summed E-state index contributed by atoms with van der Waals surface area (Å²) in [5.74, 6) is 2.05. The summed E-state index contributed by atoms with van der Waals surface area (Å²) in [6, 6.07) is 0. The molecule has 0 bridgehead atoms. The Morgan fingerprint density at radius 2 is 1.65 bits per heavy atom. The van der Waals surface area contributed by atoms with E-state index in [9.17, 15) is 0 Å². The number of guanidine groups is 1. The van der Waals surface area contributed by atoms with Crippen LogP contribution in [-0.4, -0.2) is 55.0 Å². The molecule has 0 aromatic rings. The molecule has 0 saturated carbocycles. The second kappa shape index (κ2) is 6.84. The van der Waals surface area contributed by atoms with Crippen LogP contribution in [-0.2, 0) is 0 Å². The van der Waals surface area contributed by atoms with Crippen molar-refractivity contribution in [1.82, 2.24) is 9.80 Å². The zero-order chi connectivity index (χ0) is 12.8. The van der Waals surface area contributed by atoms with Gasteiger partial charge in [0.1, 0.15) is 0 Å². The highest BCUT2D eigenvalue weighted by molar-refractivity contribution is 5.78. The van der Waals surface area contributed by atoms with Crippen molar-refractivity contribution >= 4 is 5.96 Å². The van der Waals surface area contributed by atoms with Gasteiger partial charge >= 0.3 is 0 Å². The van der Waals surface area contributed by atoms with E-state index in [1.165, 1.54) is 6.54 Å². The predicted octanol–water partition coefficient (Wildman–Crippen LogP) is 1.23. The topological polar surface area (TPSA) is 44.9 Å². The van der Waals surface area contributed by atoms with Crippen molar-refractivity contribution in [2.45, 2.75) is 27.7 Å². The molecule has 1 fully saturated rings. The van der Waals surface area contributed by atoms with Gasteiger partial charge in [0, 0.05) is 39.3 Å². The summed E-state index contributed by atoms with van der Waals surface area (Å²) < 4.78 is 0. The van der Waals surface area contributed by atoms with Gasteiger partial charge in [0.25, 0.3) is 0 Å². The van der Waals surface area contributed by atoms with Crippen molar-refractivity contribution in [3.63, 3.8) is 0 Å². The van der Waals surface area contributed by atoms with E-state index in [4.69, 9.17) is 5.73 Å². The molecule has 0 aliphatic carbocycles. The van der Waals surface area contributed by atoms with E-state index in [2.05, 4.69) is 42.5 Å². The molecule has 0 amide bonds. The fourth-order valence-corrected chi connectivity index (χ4v) is 2.05. The quantitative estimate of drug-likeness (QED) is 0.594. The zero-order valence-corrected chi connectivity index (χ0v) is 11.8. The normalized spacial score (nSPS) is 19.4. The molecule has 0 aromatic heterocycles. The van der Waals surface area contributed by atoms with Gasteiger partial charge in [-0.15, -0.1) is 0 Å². The summed E-state index contributed by atoms with van der Waals surface area (Å²) in [5.41, 5.74) is 6.00. The molecule has 100 valence electrons. The van der Waals surface area contributed by atoms with Crippen LogP contribution in [0.25, 0.3) is 0 Å². The van der Waals surface area contributed by atoms with Crippen molar-refractivity contribution < 1.29 is 0 Å². The van der Waals surface area contributed by atoms with Crippen LogP contribution in [0.1, 0.15) is 27.7 Å². The Kier molecular flexibility index (Phi) is 5.75. The van der Waals surface area contributed by atoms with Crippen LogP contribution >= 0.6 is 0 Å². The standard InChI is InChI=1S/C13H28N4/c1-11(2)9-15-13(14)17-7-5-16(6-8-17)10-12(3)4/h11-12H,5-10H2,1-4H3,(H2,14,15). The molecular weight excluding hydrogens is 212 g/mol. The summed E-state index contributed by atoms with van der Waals surface area (Å²) in [4.78, 5) is 9.15. The maximum atomic E-state index is 6.00. The van der Waals surface area contributed by atoms with E-state index >= 15 is 0 Å². The second-order valence-electron chi connectivity index (χ2n) is 5.77. The monoisotopic (exact) mass is 240 g/mol. The molecule has 4 heteroatoms. The van der Waals surface area contributed by atoms with Gasteiger partial charge < -0.3 is 10.6 Å². The maximum absolute atomic E-state index is 6.00. The first-order chi connectivity index (χ1) is 7.99. The minimum absolute atomic E-state index is 0.579. The third kappa shape index (κ3) is 5.39. The van der Waals surface area contributed by atoms with Gasteiger partial charge in [-0.05, 0) is 11.8 Å². The largest absolute Gasteiger partial charge is 0.370 e. The molecule has 0 spiro atoms. The highest BCUT2D eigenvalue weighted by Crippen LogP contribution is 2.05. The third-order valence-electron chi connectivity index (χ3n) is 2.94. The third-order valence-corrected chi connectivity index (χ3v) is 2.94. The lowest BCUT2D eigenvalue weighted by atomic mass is 10.2. The number of piperazine rings is 1. The van der Waals surface area contributed by atoms with Gasteiger partial charge in [-0.1, -0.05) is 27.7 Å². The molecule has 0 radical (unpaired) electrons. The molecule has 2 N–H and O–H groups in total. The van der Waals surface area contributed by atoms with Crippen molar-refractivity contribution in [1.29, 1.82) is 0 Å². The van der Waals surface area contributed by atoms with Gasteiger partial charge in [-0.3, -0.25) is 9.89 Å². The number of nitrogens with zero attached hydrogens (tertiary/aromatic N) is 3. The van der Waals surface area contributed by atoms with Crippen LogP contribution in [0, 0.1) is 11.8 Å². The Labute approximate surface area is 106 Å². The lowest BCUT2D eigenvalue weighted by Crippen LogP contribution is -2.51. The van der Waals surface area contributed by atoms with E-state index in [0.29, 0.717) is 5.92 Å². The first-order valence-corrected chi connectivity index (χ1v) is 6.76. The molecule has 1 aliphatic heterocycles. The predicted molar refractivity (Wildman–Crippen MR) is 74.2 cm³/mol. The fourth-order valence-electron chi connectivity index (χ4n) is 2.05. The molecule has 0 aromatic carbocycles. The summed E-state index contributed by atoms with van der Waals surface area (Å²) in [5, 5.41) is 0. The number of hydrogen-bond acceptors (Lipinski definition) is 2. The Morgan fingerprint density at radius 3 is 2.12 bits per heavy atom. The van der Waals surface area contributed by atoms with Crippen LogP contribution in [0.15, 0.2) is 4.99 Å². The van der Waals surface area contributed by atoms with Crippen LogP contribution in [0.4, 0.5) is 0 Å². The van der Waals surface area contributed by atoms with E-state index in [1.807, 2.05) is 0 Å². The second-order valence-corrected chi connectivity index (χ2v) is 5.77. The first kappa shape index (κ1) is 14.3. The molecule has 1 heterocycles. The lowest BCUT2D eigenvalue weighted by Gasteiger charge is -2.36. The molecule has 4 nitrogen and oxygen atoms in total. The van der Waals surface area contributed by atoms with Crippen LogP contribution in [0.3, 0.4) is 0 Å². The van der Waals surface area contributed by atoms with Crippen LogP contribution in [0.5, 0.6) is 0 Å². The van der Waals surface area contributed by atoms with Gasteiger partial charge in [-0.25, -0.2) is 0 Å². The minimum atomic E-state index is 0.579. The average Bonchev–Trinajstić information content (AvgIpc) is 2.26. The van der Waals surface area contributed by atoms with Gasteiger partial charge in [0.15, 0.2) is 5.96 Å². The van der Waals surface area contributed by atoms with Crippen molar-refractivity contribution in [3.8, 4) is 0 Å². The summed E-state index contributed by atoms with van der Waals surface area (Å²) in [6.45, 7) is 15.1. The van der Waals surface area contributed by atoms with E-state index < -0.39 is 0 Å². The van der Waals surface area contributed by atoms with E-state index in [1.54, 1.807) is 0 Å². The summed E-state index contributed by atoms with van der Waals surface area (Å²) in [7, 11) is 0. The number of nitrogens with two attached hydrogens (primary N) is 1. The first-order valence-electron chi connectivity index (χ1n) is 6.76. The Morgan fingerprint density at radius 1 is 1.06 bits per heavy atom. The molecule has 1 saturated heterocycles. The van der Waals surface area contributed by atoms with Crippen LogP contribution in [0.2, 0.25) is 0 Å². The highest BCUT2D eigenvalue weighted by atomic mass is 15.3. The SMILES string of the molecule is CC(C)CN=C(N)N1CCN(CC(C)C)CC1. The van der Waals surface area contributed by atoms with Crippen molar-refractivity contribution in [2.75, 3.05) is 39.3 Å². The van der Waals surface area contributed by atoms with E-state index in [0.717, 1.165) is 44.6 Å². The number of aliphatic imine (C=N–C) groups is 1. The van der Waals surface area contributed by atoms with Crippen LogP contribution < -0.4 is 5.73 Å². The average molecular weight is 240 g/mol. The Bertz CT molecular complexity index is 240. The highest BCUT2D eigenvalue weighted by Gasteiger charge is 2.18. The molecule has 0 atom stereocenters. The van der Waals surface area contributed by atoms with E-state index in [-0.39, 0.29) is 0 Å². The maximum Gasteiger partial charge on any atom is 0.191 e. The Balaban J connectivity index is 2.33. The molecule has 0 unspecified atom stereocenters. The number of hydrogen-bond donors (Lipinski definition) is 1. The van der Waals surface area contributed by atoms with Gasteiger partial charge in [0.05, 0.1) is 0 Å². The molecular formula is C13H28N4. The minimum Gasteiger partial charge on any atom is -0.370 e. The van der Waals surface area contributed by atoms with Crippen molar-refractivity contribution in [2.24, 2.45) is 22.6 Å². The van der Waals surface area contributed by atoms with Gasteiger partial charge in [0.2, 0.25) is 0 Å². The summed E-state index contributed by atoms with van der Waals surface area (Å²) >= 11 is 0. The zero-order valence-electron chi connectivity index (χ0n) is 11.8. The number of rotatable bonds is 4. The Hall–Kier alpha value is -0.770. The van der Waals surface area contributed by atoms with Crippen molar-refractivity contribution in [3.05, 3.63) is 0 Å². The molecule has 1 aliphatic rings. The fraction of sp³-hybridized carbons (Fsp3) is 0.923. The van der Waals surface area contributed by atoms with Gasteiger partial charge in [-0.2, -0.15) is 0 Å². The smallest absolute Gasteiger partial charge is 0.191 e. The molecule has 1 rings (SSSR count). The summed E-state index contributed by atoms with van der Waals surface area (Å²) in [6.07, 6.45) is 0. The lowest BCUT2D eigenvalue weighted by molar-refractivity contribution is 0.165.